The maximum atomic E-state index is 13.3. The van der Waals surface area contributed by atoms with Crippen molar-refractivity contribution in [3.63, 3.8) is 0 Å². The van der Waals surface area contributed by atoms with Gasteiger partial charge in [-0.1, -0.05) is 32.1 Å². The van der Waals surface area contributed by atoms with Gasteiger partial charge in [-0.2, -0.15) is 0 Å². The Morgan fingerprint density at radius 2 is 1.75 bits per heavy atom. The molecule has 3 aromatic rings. The molecule has 0 saturated carbocycles. The van der Waals surface area contributed by atoms with Gasteiger partial charge in [-0.25, -0.2) is 0 Å². The van der Waals surface area contributed by atoms with E-state index in [1.54, 1.807) is 12.1 Å². The number of carbonyl (C=O) groups is 1. The Balaban J connectivity index is 1.56. The fraction of sp³-hybridized carbons (Fsp3) is 0.240. The summed E-state index contributed by atoms with van der Waals surface area (Å²) in [6, 6.07) is 17.4. The molecular weight excluding hydrogens is 406 g/mol. The molecule has 32 heavy (non-hydrogen) atoms. The molecule has 0 amide bonds. The lowest BCUT2D eigenvalue weighted by molar-refractivity contribution is -0.384. The molecule has 162 valence electrons. The van der Waals surface area contributed by atoms with Crippen molar-refractivity contribution < 1.29 is 14.1 Å². The number of para-hydroxylation sites is 2. The maximum Gasteiger partial charge on any atom is 0.269 e. The van der Waals surface area contributed by atoms with Crippen LogP contribution in [0.25, 0.3) is 11.3 Å². The SMILES string of the molecule is CC1(C)C=C2Nc3ccccc3NC(c3ccc(-c4ccc([N+](=O)[O-])cc4)o3)C2C(=O)C1. The van der Waals surface area contributed by atoms with Gasteiger partial charge in [0.1, 0.15) is 17.3 Å². The zero-order valence-corrected chi connectivity index (χ0v) is 17.8. The number of carbonyl (C=O) groups excluding carboxylic acids is 1. The van der Waals surface area contributed by atoms with Crippen LogP contribution >= 0.6 is 0 Å². The van der Waals surface area contributed by atoms with Crippen LogP contribution in [0.5, 0.6) is 0 Å². The molecule has 1 aliphatic carbocycles. The van der Waals surface area contributed by atoms with Gasteiger partial charge in [0, 0.05) is 29.8 Å². The minimum Gasteiger partial charge on any atom is -0.459 e. The van der Waals surface area contributed by atoms with Crippen molar-refractivity contribution in [2.75, 3.05) is 10.6 Å². The first kappa shape index (κ1) is 20.1. The number of Topliss-reactive ketones (excluding diaryl/α,β-unsaturated/α-hetero) is 1. The molecule has 2 heterocycles. The number of furan rings is 1. The third-order valence-electron chi connectivity index (χ3n) is 6.00. The molecule has 2 aromatic carbocycles. The van der Waals surface area contributed by atoms with Crippen molar-refractivity contribution >= 4 is 22.8 Å². The Labute approximate surface area is 185 Å². The molecule has 0 bridgehead atoms. The Morgan fingerprint density at radius 3 is 2.47 bits per heavy atom. The molecular formula is C25H23N3O4. The van der Waals surface area contributed by atoms with E-state index >= 15 is 0 Å². The summed E-state index contributed by atoms with van der Waals surface area (Å²) in [5.74, 6) is 0.974. The van der Waals surface area contributed by atoms with Gasteiger partial charge in [-0.3, -0.25) is 14.9 Å². The third kappa shape index (κ3) is 3.56. The van der Waals surface area contributed by atoms with Crippen molar-refractivity contribution in [3.05, 3.63) is 88.3 Å². The van der Waals surface area contributed by atoms with Crippen molar-refractivity contribution in [1.82, 2.24) is 0 Å². The summed E-state index contributed by atoms with van der Waals surface area (Å²) in [4.78, 5) is 23.8. The van der Waals surface area contributed by atoms with Crippen LogP contribution in [0.3, 0.4) is 0 Å². The molecule has 2 atom stereocenters. The molecule has 0 spiro atoms. The number of nitro groups is 1. The first-order valence-corrected chi connectivity index (χ1v) is 10.5. The number of benzene rings is 2. The molecule has 7 heteroatoms. The molecule has 5 rings (SSSR count). The minimum absolute atomic E-state index is 0.0267. The second-order valence-corrected chi connectivity index (χ2v) is 9.01. The average Bonchev–Trinajstić information content (AvgIpc) is 3.17. The predicted molar refractivity (Wildman–Crippen MR) is 122 cm³/mol. The van der Waals surface area contributed by atoms with Crippen molar-refractivity contribution in [3.8, 4) is 11.3 Å². The first-order valence-electron chi connectivity index (χ1n) is 10.5. The monoisotopic (exact) mass is 429 g/mol. The quantitative estimate of drug-likeness (QED) is 0.395. The molecule has 0 fully saturated rings. The summed E-state index contributed by atoms with van der Waals surface area (Å²) < 4.78 is 6.19. The standard InChI is InChI=1S/C25H23N3O4/c1-25(2)13-19-23(20(29)14-25)24(27-18-6-4-3-5-17(18)26-19)22-12-11-21(32-22)15-7-9-16(10-8-15)28(30)31/h3-13,23-24,26-27H,14H2,1-2H3. The normalized spacial score (nSPS) is 21.3. The van der Waals surface area contributed by atoms with Gasteiger partial charge < -0.3 is 15.1 Å². The zero-order valence-electron chi connectivity index (χ0n) is 17.8. The van der Waals surface area contributed by atoms with Crippen LogP contribution in [0.4, 0.5) is 17.1 Å². The summed E-state index contributed by atoms with van der Waals surface area (Å²) in [5.41, 5.74) is 3.22. The first-order chi connectivity index (χ1) is 15.3. The summed E-state index contributed by atoms with van der Waals surface area (Å²) in [7, 11) is 0. The van der Waals surface area contributed by atoms with Crippen LogP contribution in [0.2, 0.25) is 0 Å². The fourth-order valence-corrected chi connectivity index (χ4v) is 4.56. The molecule has 1 aromatic heterocycles. The lowest BCUT2D eigenvalue weighted by Crippen LogP contribution is -2.36. The van der Waals surface area contributed by atoms with Gasteiger partial charge in [0.15, 0.2) is 0 Å². The molecule has 0 saturated heterocycles. The summed E-state index contributed by atoms with van der Waals surface area (Å²) in [6.07, 6.45) is 2.60. The summed E-state index contributed by atoms with van der Waals surface area (Å²) >= 11 is 0. The number of hydrogen-bond acceptors (Lipinski definition) is 6. The highest BCUT2D eigenvalue weighted by molar-refractivity contribution is 5.90. The molecule has 2 N–H and O–H groups in total. The number of rotatable bonds is 3. The Bertz CT molecular complexity index is 1240. The lowest BCUT2D eigenvalue weighted by atomic mass is 9.73. The van der Waals surface area contributed by atoms with Crippen molar-refractivity contribution in [2.45, 2.75) is 26.3 Å². The highest BCUT2D eigenvalue weighted by atomic mass is 16.6. The number of fused-ring (bicyclic) bond motifs is 2. The van der Waals surface area contributed by atoms with Gasteiger partial charge in [0.25, 0.3) is 5.69 Å². The van der Waals surface area contributed by atoms with E-state index < -0.39 is 10.8 Å². The number of non-ortho nitro benzene ring substituents is 1. The number of hydrogen-bond donors (Lipinski definition) is 2. The third-order valence-corrected chi connectivity index (χ3v) is 6.00. The fourth-order valence-electron chi connectivity index (χ4n) is 4.56. The second kappa shape index (κ2) is 7.37. The van der Waals surface area contributed by atoms with E-state index in [9.17, 15) is 14.9 Å². The van der Waals surface area contributed by atoms with E-state index in [-0.39, 0.29) is 22.9 Å². The number of nitrogens with zero attached hydrogens (tertiary/aromatic N) is 1. The number of allylic oxidation sites excluding steroid dienone is 1. The molecule has 1 aliphatic heterocycles. The molecule has 0 radical (unpaired) electrons. The molecule has 7 nitrogen and oxygen atoms in total. The second-order valence-electron chi connectivity index (χ2n) is 9.01. The van der Waals surface area contributed by atoms with E-state index in [1.165, 1.54) is 12.1 Å². The molecule has 2 aliphatic rings. The topological polar surface area (TPSA) is 97.4 Å². The van der Waals surface area contributed by atoms with Crippen molar-refractivity contribution in [1.29, 1.82) is 0 Å². The number of ketones is 1. The van der Waals surface area contributed by atoms with Gasteiger partial charge in [-0.05, 0) is 41.8 Å². The van der Waals surface area contributed by atoms with Gasteiger partial charge in [0.2, 0.25) is 0 Å². The Morgan fingerprint density at radius 1 is 1.03 bits per heavy atom. The number of nitro benzene ring substituents is 1. The highest BCUT2D eigenvalue weighted by Crippen LogP contribution is 2.46. The Kier molecular flexibility index (Phi) is 4.62. The van der Waals surface area contributed by atoms with E-state index in [1.807, 2.05) is 36.4 Å². The van der Waals surface area contributed by atoms with Crippen molar-refractivity contribution in [2.24, 2.45) is 11.3 Å². The maximum absolute atomic E-state index is 13.3. The smallest absolute Gasteiger partial charge is 0.269 e. The minimum atomic E-state index is -0.429. The average molecular weight is 429 g/mol. The van der Waals surface area contributed by atoms with Gasteiger partial charge in [-0.15, -0.1) is 0 Å². The van der Waals surface area contributed by atoms with E-state index in [0.717, 1.165) is 22.6 Å². The predicted octanol–water partition coefficient (Wildman–Crippen LogP) is 5.93. The van der Waals surface area contributed by atoms with Crippen LogP contribution in [0, 0.1) is 21.4 Å². The van der Waals surface area contributed by atoms with E-state index in [4.69, 9.17) is 4.42 Å². The number of anilines is 2. The molecule has 2 unspecified atom stereocenters. The van der Waals surface area contributed by atoms with Crippen LogP contribution in [-0.2, 0) is 4.79 Å². The zero-order chi connectivity index (χ0) is 22.5. The van der Waals surface area contributed by atoms with Gasteiger partial charge in [0.05, 0.1) is 28.3 Å². The number of nitrogens with one attached hydrogen (secondary N) is 2. The highest BCUT2D eigenvalue weighted by Gasteiger charge is 2.42. The van der Waals surface area contributed by atoms with Crippen LogP contribution in [0.1, 0.15) is 32.1 Å². The summed E-state index contributed by atoms with van der Waals surface area (Å²) in [6.45, 7) is 4.13. The van der Waals surface area contributed by atoms with Gasteiger partial charge >= 0.3 is 0 Å². The lowest BCUT2D eigenvalue weighted by Gasteiger charge is -2.34. The van der Waals surface area contributed by atoms with Crippen LogP contribution in [-0.4, -0.2) is 10.7 Å². The largest absolute Gasteiger partial charge is 0.459 e. The Hall–Kier alpha value is -3.87. The van der Waals surface area contributed by atoms with E-state index in [0.29, 0.717) is 17.9 Å². The van der Waals surface area contributed by atoms with Crippen LogP contribution in [0.15, 0.2) is 76.9 Å². The van der Waals surface area contributed by atoms with Crippen LogP contribution < -0.4 is 10.6 Å². The van der Waals surface area contributed by atoms with E-state index in [2.05, 4.69) is 30.6 Å². The summed E-state index contributed by atoms with van der Waals surface area (Å²) in [5, 5.41) is 17.9.